The summed E-state index contributed by atoms with van der Waals surface area (Å²) in [7, 11) is 0. The molecule has 4 nitrogen and oxygen atoms in total. The summed E-state index contributed by atoms with van der Waals surface area (Å²) in [5.41, 5.74) is 1.92. The second kappa shape index (κ2) is 5.69. The number of H-pyrrole nitrogens is 1. The summed E-state index contributed by atoms with van der Waals surface area (Å²) < 4.78 is 0. The predicted octanol–water partition coefficient (Wildman–Crippen LogP) is 2.49. The average molecular weight is 245 g/mol. The van der Waals surface area contributed by atoms with Crippen molar-refractivity contribution in [3.05, 3.63) is 30.5 Å². The SMILES string of the molecule is CCNC(C)CC(=O)Nc1ccc2[nH]ccc2c1. The third-order valence-electron chi connectivity index (χ3n) is 2.88. The Bertz CT molecular complexity index is 533. The highest BCUT2D eigenvalue weighted by molar-refractivity contribution is 5.94. The third-order valence-corrected chi connectivity index (χ3v) is 2.88. The lowest BCUT2D eigenvalue weighted by molar-refractivity contribution is -0.116. The van der Waals surface area contributed by atoms with E-state index in [0.717, 1.165) is 23.1 Å². The summed E-state index contributed by atoms with van der Waals surface area (Å²) in [6, 6.07) is 8.05. The van der Waals surface area contributed by atoms with Crippen LogP contribution >= 0.6 is 0 Å². The zero-order chi connectivity index (χ0) is 13.0. The largest absolute Gasteiger partial charge is 0.361 e. The molecule has 2 aromatic rings. The number of carbonyl (C=O) groups excluding carboxylic acids is 1. The minimum absolute atomic E-state index is 0.0401. The van der Waals surface area contributed by atoms with Gasteiger partial charge in [-0.1, -0.05) is 6.92 Å². The maximum atomic E-state index is 11.8. The van der Waals surface area contributed by atoms with Crippen LogP contribution < -0.4 is 10.6 Å². The van der Waals surface area contributed by atoms with E-state index in [1.165, 1.54) is 0 Å². The maximum absolute atomic E-state index is 11.8. The van der Waals surface area contributed by atoms with Crippen molar-refractivity contribution in [2.75, 3.05) is 11.9 Å². The van der Waals surface area contributed by atoms with Crippen molar-refractivity contribution in [3.63, 3.8) is 0 Å². The molecule has 96 valence electrons. The fourth-order valence-corrected chi connectivity index (χ4v) is 2.04. The standard InChI is InChI=1S/C14H19N3O/c1-3-15-10(2)8-14(18)17-12-4-5-13-11(9-12)6-7-16-13/h4-7,9-10,15-16H,3,8H2,1-2H3,(H,17,18). The van der Waals surface area contributed by atoms with Gasteiger partial charge in [0.2, 0.25) is 5.91 Å². The summed E-state index contributed by atoms with van der Waals surface area (Å²) in [5.74, 6) is 0.0401. The van der Waals surface area contributed by atoms with Crippen LogP contribution in [-0.4, -0.2) is 23.5 Å². The lowest BCUT2D eigenvalue weighted by atomic mass is 10.2. The van der Waals surface area contributed by atoms with Crippen molar-refractivity contribution in [2.24, 2.45) is 0 Å². The second-order valence-corrected chi connectivity index (χ2v) is 4.49. The molecule has 1 heterocycles. The number of amides is 1. The van der Waals surface area contributed by atoms with Crippen LogP contribution in [-0.2, 0) is 4.79 Å². The van der Waals surface area contributed by atoms with Crippen LogP contribution in [0.5, 0.6) is 0 Å². The van der Waals surface area contributed by atoms with Crippen LogP contribution in [0.15, 0.2) is 30.5 Å². The van der Waals surface area contributed by atoms with E-state index in [9.17, 15) is 4.79 Å². The highest BCUT2D eigenvalue weighted by atomic mass is 16.1. The van der Waals surface area contributed by atoms with Gasteiger partial charge >= 0.3 is 0 Å². The molecule has 18 heavy (non-hydrogen) atoms. The fourth-order valence-electron chi connectivity index (χ4n) is 2.04. The Hall–Kier alpha value is -1.81. The number of nitrogens with one attached hydrogen (secondary N) is 3. The lowest BCUT2D eigenvalue weighted by Gasteiger charge is -2.12. The Morgan fingerprint density at radius 1 is 1.39 bits per heavy atom. The smallest absolute Gasteiger partial charge is 0.225 e. The van der Waals surface area contributed by atoms with Gasteiger partial charge in [0.1, 0.15) is 0 Å². The van der Waals surface area contributed by atoms with Crippen molar-refractivity contribution < 1.29 is 4.79 Å². The zero-order valence-electron chi connectivity index (χ0n) is 10.8. The molecule has 0 aliphatic carbocycles. The molecule has 1 amide bonds. The monoisotopic (exact) mass is 245 g/mol. The topological polar surface area (TPSA) is 56.9 Å². The summed E-state index contributed by atoms with van der Waals surface area (Å²) in [5, 5.41) is 7.25. The Balaban J connectivity index is 1.97. The lowest BCUT2D eigenvalue weighted by Crippen LogP contribution is -2.30. The highest BCUT2D eigenvalue weighted by Gasteiger charge is 2.08. The minimum atomic E-state index is 0.0401. The second-order valence-electron chi connectivity index (χ2n) is 4.49. The van der Waals surface area contributed by atoms with Gasteiger partial charge in [-0.2, -0.15) is 0 Å². The molecule has 0 spiro atoms. The summed E-state index contributed by atoms with van der Waals surface area (Å²) >= 11 is 0. The summed E-state index contributed by atoms with van der Waals surface area (Å²) in [6.45, 7) is 4.93. The minimum Gasteiger partial charge on any atom is -0.361 e. The molecule has 0 bridgehead atoms. The molecule has 4 heteroatoms. The number of fused-ring (bicyclic) bond motifs is 1. The summed E-state index contributed by atoms with van der Waals surface area (Å²) in [4.78, 5) is 14.9. The molecule has 1 atom stereocenters. The molecule has 0 radical (unpaired) electrons. The molecule has 1 aromatic heterocycles. The molecule has 0 saturated carbocycles. The average Bonchev–Trinajstić information content (AvgIpc) is 2.76. The van der Waals surface area contributed by atoms with E-state index in [1.54, 1.807) is 0 Å². The van der Waals surface area contributed by atoms with Gasteiger partial charge in [0.15, 0.2) is 0 Å². The molecule has 1 aromatic carbocycles. The van der Waals surface area contributed by atoms with Gasteiger partial charge in [-0.15, -0.1) is 0 Å². The van der Waals surface area contributed by atoms with Crippen molar-refractivity contribution in [1.82, 2.24) is 10.3 Å². The predicted molar refractivity (Wildman–Crippen MR) is 74.7 cm³/mol. The molecule has 2 rings (SSSR count). The van der Waals surface area contributed by atoms with Crippen LogP contribution in [0.3, 0.4) is 0 Å². The number of benzene rings is 1. The molecule has 0 aliphatic heterocycles. The van der Waals surface area contributed by atoms with Gasteiger partial charge < -0.3 is 15.6 Å². The number of anilines is 1. The van der Waals surface area contributed by atoms with E-state index < -0.39 is 0 Å². The van der Waals surface area contributed by atoms with Crippen LogP contribution in [0.1, 0.15) is 20.3 Å². The van der Waals surface area contributed by atoms with E-state index in [-0.39, 0.29) is 11.9 Å². The molecule has 0 saturated heterocycles. The normalized spacial score (nSPS) is 12.6. The Labute approximate surface area is 107 Å². The first kappa shape index (κ1) is 12.6. The Morgan fingerprint density at radius 2 is 2.22 bits per heavy atom. The van der Waals surface area contributed by atoms with E-state index in [1.807, 2.05) is 44.3 Å². The quantitative estimate of drug-likeness (QED) is 0.758. The number of carbonyl (C=O) groups is 1. The number of rotatable bonds is 5. The summed E-state index contributed by atoms with van der Waals surface area (Å²) in [6.07, 6.45) is 2.38. The Morgan fingerprint density at radius 3 is 3.00 bits per heavy atom. The number of aromatic nitrogens is 1. The first-order chi connectivity index (χ1) is 8.69. The molecule has 3 N–H and O–H groups in total. The molecular weight excluding hydrogens is 226 g/mol. The van der Waals surface area contributed by atoms with Crippen LogP contribution in [0.2, 0.25) is 0 Å². The molecule has 0 fully saturated rings. The highest BCUT2D eigenvalue weighted by Crippen LogP contribution is 2.17. The molecular formula is C14H19N3O. The number of hydrogen-bond donors (Lipinski definition) is 3. The molecule has 1 unspecified atom stereocenters. The number of hydrogen-bond acceptors (Lipinski definition) is 2. The Kier molecular flexibility index (Phi) is 3.99. The van der Waals surface area contributed by atoms with Gasteiger partial charge in [-0.05, 0) is 37.7 Å². The molecule has 0 aliphatic rings. The van der Waals surface area contributed by atoms with Gasteiger partial charge in [0.05, 0.1) is 0 Å². The first-order valence-corrected chi connectivity index (χ1v) is 6.29. The van der Waals surface area contributed by atoms with E-state index in [2.05, 4.69) is 15.6 Å². The van der Waals surface area contributed by atoms with Crippen LogP contribution in [0.25, 0.3) is 10.9 Å². The van der Waals surface area contributed by atoms with E-state index in [4.69, 9.17) is 0 Å². The van der Waals surface area contributed by atoms with Crippen LogP contribution in [0.4, 0.5) is 5.69 Å². The van der Waals surface area contributed by atoms with Crippen molar-refractivity contribution in [3.8, 4) is 0 Å². The van der Waals surface area contributed by atoms with Crippen molar-refractivity contribution >= 4 is 22.5 Å². The van der Waals surface area contributed by atoms with E-state index >= 15 is 0 Å². The van der Waals surface area contributed by atoms with Gasteiger partial charge in [0, 0.05) is 35.2 Å². The zero-order valence-corrected chi connectivity index (χ0v) is 10.8. The van der Waals surface area contributed by atoms with Crippen molar-refractivity contribution in [2.45, 2.75) is 26.3 Å². The van der Waals surface area contributed by atoms with Gasteiger partial charge in [0.25, 0.3) is 0 Å². The van der Waals surface area contributed by atoms with Crippen molar-refractivity contribution in [1.29, 1.82) is 0 Å². The van der Waals surface area contributed by atoms with Crippen LogP contribution in [0, 0.1) is 0 Å². The fraction of sp³-hybridized carbons (Fsp3) is 0.357. The van der Waals surface area contributed by atoms with Gasteiger partial charge in [-0.3, -0.25) is 4.79 Å². The first-order valence-electron chi connectivity index (χ1n) is 6.29. The van der Waals surface area contributed by atoms with E-state index in [0.29, 0.717) is 6.42 Å². The maximum Gasteiger partial charge on any atom is 0.225 e. The van der Waals surface area contributed by atoms with Gasteiger partial charge in [-0.25, -0.2) is 0 Å². The number of aromatic amines is 1. The third kappa shape index (κ3) is 3.11.